The van der Waals surface area contributed by atoms with Gasteiger partial charge in [0.2, 0.25) is 0 Å². The first-order chi connectivity index (χ1) is 9.67. The summed E-state index contributed by atoms with van der Waals surface area (Å²) < 4.78 is 6.43. The highest BCUT2D eigenvalue weighted by Crippen LogP contribution is 2.23. The van der Waals surface area contributed by atoms with Gasteiger partial charge >= 0.3 is 5.97 Å². The maximum atomic E-state index is 12.2. The first-order valence-electron chi connectivity index (χ1n) is 6.77. The zero-order valence-electron chi connectivity index (χ0n) is 11.7. The van der Waals surface area contributed by atoms with Crippen LogP contribution in [-0.2, 0) is 24.2 Å². The van der Waals surface area contributed by atoms with Crippen LogP contribution in [-0.4, -0.2) is 11.0 Å². The smallest absolute Gasteiger partial charge is 0.355 e. The van der Waals surface area contributed by atoms with Crippen LogP contribution in [0.2, 0.25) is 0 Å². The van der Waals surface area contributed by atoms with Crippen molar-refractivity contribution in [2.45, 2.75) is 33.3 Å². The number of carbonyl (C=O) groups excluding carboxylic acids is 1. The monoisotopic (exact) mass is 383 g/mol. The molecule has 0 spiro atoms. The van der Waals surface area contributed by atoms with Crippen LogP contribution in [0.4, 0.5) is 0 Å². The van der Waals surface area contributed by atoms with E-state index in [0.29, 0.717) is 12.3 Å². The van der Waals surface area contributed by atoms with Gasteiger partial charge in [0.05, 0.1) is 3.70 Å². The Morgan fingerprint density at radius 2 is 1.80 bits per heavy atom. The summed E-state index contributed by atoms with van der Waals surface area (Å²) in [4.78, 5) is 15.4. The molecule has 0 fully saturated rings. The highest BCUT2D eigenvalue weighted by atomic mass is 127. The van der Waals surface area contributed by atoms with Gasteiger partial charge in [-0.3, -0.25) is 0 Å². The van der Waals surface area contributed by atoms with Crippen LogP contribution in [0.1, 0.15) is 41.0 Å². The van der Waals surface area contributed by atoms with E-state index in [2.05, 4.69) is 41.4 Å². The molecule has 0 bridgehead atoms. The Morgan fingerprint density at radius 1 is 1.15 bits per heavy atom. The van der Waals surface area contributed by atoms with E-state index in [1.165, 1.54) is 5.56 Å². The predicted octanol–water partition coefficient (Wildman–Crippen LogP) is 4.10. The second-order valence-corrected chi connectivity index (χ2v) is 5.62. The summed E-state index contributed by atoms with van der Waals surface area (Å²) in [5.41, 5.74) is 3.90. The van der Waals surface area contributed by atoms with Gasteiger partial charge in [-0.05, 0) is 52.1 Å². The summed E-state index contributed by atoms with van der Waals surface area (Å²) in [6.07, 6.45) is 1.75. The highest BCUT2D eigenvalue weighted by Gasteiger charge is 2.19. The summed E-state index contributed by atoms with van der Waals surface area (Å²) in [5, 5.41) is 0. The number of ether oxygens (including phenoxy) is 1. The van der Waals surface area contributed by atoms with Crippen molar-refractivity contribution in [3.05, 3.63) is 56.4 Å². The van der Waals surface area contributed by atoms with Crippen molar-refractivity contribution in [1.29, 1.82) is 0 Å². The Morgan fingerprint density at radius 3 is 2.40 bits per heavy atom. The fraction of sp³-hybridized carbons (Fsp3) is 0.312. The van der Waals surface area contributed by atoms with E-state index < -0.39 is 0 Å². The fourth-order valence-electron chi connectivity index (χ4n) is 2.27. The average molecular weight is 383 g/mol. The van der Waals surface area contributed by atoms with Crippen molar-refractivity contribution in [3.63, 3.8) is 0 Å². The number of hydrogen-bond donors (Lipinski definition) is 1. The number of rotatable bonds is 5. The lowest BCUT2D eigenvalue weighted by atomic mass is 10.1. The van der Waals surface area contributed by atoms with Crippen LogP contribution in [0, 0.1) is 3.70 Å². The van der Waals surface area contributed by atoms with Crippen molar-refractivity contribution in [3.8, 4) is 0 Å². The van der Waals surface area contributed by atoms with Gasteiger partial charge in [-0.15, -0.1) is 0 Å². The molecule has 106 valence electrons. The van der Waals surface area contributed by atoms with Crippen molar-refractivity contribution < 1.29 is 9.53 Å². The van der Waals surface area contributed by atoms with Crippen LogP contribution in [0.3, 0.4) is 0 Å². The maximum absolute atomic E-state index is 12.2. The average Bonchev–Trinajstić information content (AvgIpc) is 2.81. The molecule has 3 nitrogen and oxygen atoms in total. The third-order valence-corrected chi connectivity index (χ3v) is 4.21. The van der Waals surface area contributed by atoms with Crippen LogP contribution in [0.15, 0.2) is 30.3 Å². The van der Waals surface area contributed by atoms with E-state index in [1.54, 1.807) is 0 Å². The number of H-pyrrole nitrogens is 1. The molecule has 0 radical (unpaired) electrons. The predicted molar refractivity (Wildman–Crippen MR) is 87.8 cm³/mol. The molecular weight excluding hydrogens is 365 g/mol. The molecule has 1 heterocycles. The second kappa shape index (κ2) is 6.92. The molecule has 0 saturated heterocycles. The van der Waals surface area contributed by atoms with Crippen LogP contribution in [0.25, 0.3) is 0 Å². The molecule has 0 amide bonds. The molecule has 4 heteroatoms. The number of aromatic amines is 1. The molecule has 2 aromatic rings. The Balaban J connectivity index is 2.13. The first kappa shape index (κ1) is 15.1. The lowest BCUT2D eigenvalue weighted by Crippen LogP contribution is -2.08. The molecule has 0 saturated carbocycles. The zero-order chi connectivity index (χ0) is 14.5. The second-order valence-electron chi connectivity index (χ2n) is 4.54. The molecule has 0 aliphatic rings. The number of nitrogens with one attached hydrogen (secondary N) is 1. The van der Waals surface area contributed by atoms with Gasteiger partial charge in [0.25, 0.3) is 0 Å². The molecule has 2 rings (SSSR count). The molecule has 0 atom stereocenters. The Bertz CT molecular complexity index is 590. The number of halogens is 1. The normalized spacial score (nSPS) is 10.6. The summed E-state index contributed by atoms with van der Waals surface area (Å²) >= 11 is 2.24. The van der Waals surface area contributed by atoms with Crippen molar-refractivity contribution in [2.24, 2.45) is 0 Å². The standard InChI is InChI=1S/C16H18INO2/c1-3-12-13(4-2)15(17)18-14(12)16(19)20-10-11-8-6-5-7-9-11/h5-9,18H,3-4,10H2,1-2H3. The lowest BCUT2D eigenvalue weighted by Gasteiger charge is -2.06. The highest BCUT2D eigenvalue weighted by molar-refractivity contribution is 14.1. The fourth-order valence-corrected chi connectivity index (χ4v) is 3.25. The van der Waals surface area contributed by atoms with Crippen molar-refractivity contribution in [2.75, 3.05) is 0 Å². The number of carbonyl (C=O) groups is 1. The minimum Gasteiger partial charge on any atom is -0.456 e. The van der Waals surface area contributed by atoms with E-state index in [-0.39, 0.29) is 5.97 Å². The van der Waals surface area contributed by atoms with Gasteiger partial charge in [0.1, 0.15) is 12.3 Å². The molecule has 1 N–H and O–H groups in total. The van der Waals surface area contributed by atoms with Gasteiger partial charge in [-0.25, -0.2) is 4.79 Å². The van der Waals surface area contributed by atoms with Gasteiger partial charge in [-0.2, -0.15) is 0 Å². The van der Waals surface area contributed by atoms with Crippen molar-refractivity contribution in [1.82, 2.24) is 4.98 Å². The molecule has 0 aliphatic heterocycles. The Kier molecular flexibility index (Phi) is 5.23. The van der Waals surface area contributed by atoms with Crippen LogP contribution in [0.5, 0.6) is 0 Å². The molecule has 1 aromatic heterocycles. The lowest BCUT2D eigenvalue weighted by molar-refractivity contribution is 0.0465. The van der Waals surface area contributed by atoms with Gasteiger partial charge in [-0.1, -0.05) is 44.2 Å². The van der Waals surface area contributed by atoms with Crippen LogP contribution < -0.4 is 0 Å². The summed E-state index contributed by atoms with van der Waals surface area (Å²) in [7, 11) is 0. The first-order valence-corrected chi connectivity index (χ1v) is 7.85. The van der Waals surface area contributed by atoms with E-state index in [4.69, 9.17) is 4.74 Å². The molecule has 0 aliphatic carbocycles. The Hall–Kier alpha value is -1.30. The van der Waals surface area contributed by atoms with E-state index in [9.17, 15) is 4.79 Å². The summed E-state index contributed by atoms with van der Waals surface area (Å²) in [6.45, 7) is 4.47. The van der Waals surface area contributed by atoms with Crippen molar-refractivity contribution >= 4 is 28.6 Å². The largest absolute Gasteiger partial charge is 0.456 e. The number of benzene rings is 1. The summed E-state index contributed by atoms with van der Waals surface area (Å²) in [5.74, 6) is -0.275. The number of hydrogen-bond acceptors (Lipinski definition) is 2. The van der Waals surface area contributed by atoms with E-state index in [1.807, 2.05) is 30.3 Å². The van der Waals surface area contributed by atoms with Crippen LogP contribution >= 0.6 is 22.6 Å². The number of aromatic nitrogens is 1. The SMILES string of the molecule is CCc1c(I)[nH]c(C(=O)OCc2ccccc2)c1CC. The zero-order valence-corrected chi connectivity index (χ0v) is 13.9. The number of esters is 1. The third kappa shape index (κ3) is 3.23. The summed E-state index contributed by atoms with van der Waals surface area (Å²) in [6, 6.07) is 9.72. The Labute approximate surface area is 132 Å². The molecular formula is C16H18INO2. The van der Waals surface area contributed by atoms with Gasteiger partial charge in [0, 0.05) is 0 Å². The third-order valence-electron chi connectivity index (χ3n) is 3.29. The van der Waals surface area contributed by atoms with Gasteiger partial charge < -0.3 is 9.72 Å². The molecule has 1 aromatic carbocycles. The topological polar surface area (TPSA) is 42.1 Å². The quantitative estimate of drug-likeness (QED) is 0.624. The van der Waals surface area contributed by atoms with E-state index >= 15 is 0 Å². The molecule has 0 unspecified atom stereocenters. The van der Waals surface area contributed by atoms with E-state index in [0.717, 1.165) is 27.7 Å². The maximum Gasteiger partial charge on any atom is 0.355 e. The van der Waals surface area contributed by atoms with Gasteiger partial charge in [0.15, 0.2) is 0 Å². The minimum atomic E-state index is -0.275. The molecule has 20 heavy (non-hydrogen) atoms. The minimum absolute atomic E-state index is 0.275.